The highest BCUT2D eigenvalue weighted by Gasteiger charge is 2.29. The summed E-state index contributed by atoms with van der Waals surface area (Å²) in [5.41, 5.74) is 1.26. The van der Waals surface area contributed by atoms with E-state index in [4.69, 9.17) is 9.47 Å². The number of hydrogen-bond acceptors (Lipinski definition) is 4. The molecule has 1 aromatic carbocycles. The van der Waals surface area contributed by atoms with Crippen molar-refractivity contribution in [2.75, 3.05) is 26.3 Å². The summed E-state index contributed by atoms with van der Waals surface area (Å²) in [5.74, 6) is -0.190. The van der Waals surface area contributed by atoms with E-state index in [1.54, 1.807) is 19.1 Å². The summed E-state index contributed by atoms with van der Waals surface area (Å²) in [7, 11) is 0. The number of halogens is 3. The molecule has 1 heterocycles. The Hall–Kier alpha value is -1.80. The van der Waals surface area contributed by atoms with Gasteiger partial charge in [0, 0.05) is 25.2 Å². The fourth-order valence-corrected chi connectivity index (χ4v) is 2.13. The van der Waals surface area contributed by atoms with Crippen LogP contribution in [0.2, 0.25) is 0 Å². The highest BCUT2D eigenvalue weighted by Crippen LogP contribution is 2.23. The lowest BCUT2D eigenvalue weighted by molar-refractivity contribution is -0.153. The number of carbonyl (C=O) groups excluding carboxylic acids is 1. The molecule has 0 radical (unpaired) electrons. The highest BCUT2D eigenvalue weighted by molar-refractivity contribution is 5.81. The molecular weight excluding hydrogens is 313 g/mol. The minimum Gasteiger partial charge on any atom is -0.484 e. The Balaban J connectivity index is 1.96. The van der Waals surface area contributed by atoms with Crippen molar-refractivity contribution < 1.29 is 27.4 Å². The van der Waals surface area contributed by atoms with Crippen LogP contribution in [-0.4, -0.2) is 44.5 Å². The molecule has 1 aromatic rings. The SMILES string of the molecule is Cc1ccc(CNC(=O)C2CNCCO2)c(OCC(F)(F)F)c1. The molecule has 1 atom stereocenters. The third-order valence-electron chi connectivity index (χ3n) is 3.29. The van der Waals surface area contributed by atoms with Crippen LogP contribution >= 0.6 is 0 Å². The Labute approximate surface area is 132 Å². The van der Waals surface area contributed by atoms with Crippen LogP contribution in [0.15, 0.2) is 18.2 Å². The van der Waals surface area contributed by atoms with Crippen LogP contribution in [0.3, 0.4) is 0 Å². The molecule has 1 unspecified atom stereocenters. The molecule has 2 rings (SSSR count). The molecule has 1 saturated heterocycles. The largest absolute Gasteiger partial charge is 0.484 e. The molecule has 0 aliphatic carbocycles. The Morgan fingerprint density at radius 1 is 1.48 bits per heavy atom. The number of morpholine rings is 1. The average molecular weight is 332 g/mol. The second-order valence-electron chi connectivity index (χ2n) is 5.30. The van der Waals surface area contributed by atoms with Crippen LogP contribution in [0.25, 0.3) is 0 Å². The number of carbonyl (C=O) groups is 1. The number of nitrogens with one attached hydrogen (secondary N) is 2. The molecule has 1 amide bonds. The van der Waals surface area contributed by atoms with E-state index in [9.17, 15) is 18.0 Å². The lowest BCUT2D eigenvalue weighted by Crippen LogP contribution is -2.47. The first kappa shape index (κ1) is 17.6. The molecule has 0 saturated carbocycles. The van der Waals surface area contributed by atoms with Gasteiger partial charge in [0.1, 0.15) is 11.9 Å². The Morgan fingerprint density at radius 3 is 2.91 bits per heavy atom. The summed E-state index contributed by atoms with van der Waals surface area (Å²) >= 11 is 0. The van der Waals surface area contributed by atoms with Crippen molar-refractivity contribution in [1.29, 1.82) is 0 Å². The molecular formula is C15H19F3N2O3. The van der Waals surface area contributed by atoms with Crippen LogP contribution in [0, 0.1) is 6.92 Å². The maximum atomic E-state index is 12.3. The maximum absolute atomic E-state index is 12.3. The number of aryl methyl sites for hydroxylation is 1. The predicted molar refractivity (Wildman–Crippen MR) is 77.2 cm³/mol. The maximum Gasteiger partial charge on any atom is 0.422 e. The standard InChI is InChI=1S/C15H19F3N2O3/c1-10-2-3-11(12(6-10)23-9-15(16,17)18)7-20-14(21)13-8-19-4-5-22-13/h2-3,6,13,19H,4-5,7-9H2,1H3,(H,20,21). The Bertz CT molecular complexity index is 543. The van der Waals surface area contributed by atoms with Gasteiger partial charge in [-0.1, -0.05) is 12.1 Å². The van der Waals surface area contributed by atoms with Crippen molar-refractivity contribution in [2.24, 2.45) is 0 Å². The third kappa shape index (κ3) is 5.72. The normalized spacial score (nSPS) is 18.5. The van der Waals surface area contributed by atoms with Gasteiger partial charge in [0.05, 0.1) is 6.61 Å². The van der Waals surface area contributed by atoms with E-state index in [0.717, 1.165) is 5.56 Å². The van der Waals surface area contributed by atoms with E-state index in [2.05, 4.69) is 10.6 Å². The quantitative estimate of drug-likeness (QED) is 0.859. The molecule has 0 bridgehead atoms. The monoisotopic (exact) mass is 332 g/mol. The Morgan fingerprint density at radius 2 is 2.26 bits per heavy atom. The zero-order valence-corrected chi connectivity index (χ0v) is 12.7. The minimum absolute atomic E-state index is 0.0756. The van der Waals surface area contributed by atoms with Gasteiger partial charge in [-0.3, -0.25) is 4.79 Å². The van der Waals surface area contributed by atoms with Crippen LogP contribution in [0.4, 0.5) is 13.2 Å². The smallest absolute Gasteiger partial charge is 0.422 e. The van der Waals surface area contributed by atoms with Gasteiger partial charge in [-0.15, -0.1) is 0 Å². The summed E-state index contributed by atoms with van der Waals surface area (Å²) in [4.78, 5) is 12.0. The minimum atomic E-state index is -4.41. The first-order chi connectivity index (χ1) is 10.8. The van der Waals surface area contributed by atoms with Crippen LogP contribution in [-0.2, 0) is 16.1 Å². The number of rotatable bonds is 5. The zero-order chi connectivity index (χ0) is 16.9. The number of benzene rings is 1. The first-order valence-electron chi connectivity index (χ1n) is 7.24. The van der Waals surface area contributed by atoms with Gasteiger partial charge in [-0.05, 0) is 18.6 Å². The third-order valence-corrected chi connectivity index (χ3v) is 3.29. The summed E-state index contributed by atoms with van der Waals surface area (Å²) in [5, 5.41) is 5.69. The summed E-state index contributed by atoms with van der Waals surface area (Å²) < 4.78 is 47.1. The Kier molecular flexibility index (Phi) is 5.84. The number of hydrogen-bond donors (Lipinski definition) is 2. The molecule has 1 aliphatic rings. The van der Waals surface area contributed by atoms with Crippen molar-refractivity contribution >= 4 is 5.91 Å². The van der Waals surface area contributed by atoms with Crippen molar-refractivity contribution in [2.45, 2.75) is 25.7 Å². The first-order valence-corrected chi connectivity index (χ1v) is 7.24. The van der Waals surface area contributed by atoms with Gasteiger partial charge in [0.2, 0.25) is 0 Å². The fourth-order valence-electron chi connectivity index (χ4n) is 2.13. The predicted octanol–water partition coefficient (Wildman–Crippen LogP) is 1.54. The fraction of sp³-hybridized carbons (Fsp3) is 0.533. The van der Waals surface area contributed by atoms with Crippen molar-refractivity contribution in [3.05, 3.63) is 29.3 Å². The highest BCUT2D eigenvalue weighted by atomic mass is 19.4. The van der Waals surface area contributed by atoms with Gasteiger partial charge in [-0.2, -0.15) is 13.2 Å². The molecule has 23 heavy (non-hydrogen) atoms. The van der Waals surface area contributed by atoms with E-state index in [-0.39, 0.29) is 18.2 Å². The van der Waals surface area contributed by atoms with Gasteiger partial charge in [-0.25, -0.2) is 0 Å². The molecule has 8 heteroatoms. The van der Waals surface area contributed by atoms with Gasteiger partial charge >= 0.3 is 6.18 Å². The van der Waals surface area contributed by atoms with E-state index in [1.165, 1.54) is 6.07 Å². The van der Waals surface area contributed by atoms with Crippen LogP contribution in [0.1, 0.15) is 11.1 Å². The van der Waals surface area contributed by atoms with Crippen LogP contribution in [0.5, 0.6) is 5.75 Å². The van der Waals surface area contributed by atoms with Crippen molar-refractivity contribution in [3.63, 3.8) is 0 Å². The average Bonchev–Trinajstić information content (AvgIpc) is 2.52. The zero-order valence-electron chi connectivity index (χ0n) is 12.7. The summed E-state index contributed by atoms with van der Waals surface area (Å²) in [6.45, 7) is 2.01. The van der Waals surface area contributed by atoms with E-state index < -0.39 is 18.9 Å². The molecule has 128 valence electrons. The molecule has 1 fully saturated rings. The van der Waals surface area contributed by atoms with E-state index in [1.807, 2.05) is 0 Å². The second-order valence-corrected chi connectivity index (χ2v) is 5.30. The molecule has 5 nitrogen and oxygen atoms in total. The van der Waals surface area contributed by atoms with Gasteiger partial charge in [0.15, 0.2) is 6.61 Å². The number of amides is 1. The molecule has 0 spiro atoms. The molecule has 1 aliphatic heterocycles. The van der Waals surface area contributed by atoms with Crippen molar-refractivity contribution in [3.8, 4) is 5.75 Å². The number of ether oxygens (including phenoxy) is 2. The molecule has 2 N–H and O–H groups in total. The second kappa shape index (κ2) is 7.65. The van der Waals surface area contributed by atoms with E-state index in [0.29, 0.717) is 25.3 Å². The summed E-state index contributed by atoms with van der Waals surface area (Å²) in [6, 6.07) is 4.91. The number of alkyl halides is 3. The topological polar surface area (TPSA) is 59.6 Å². The summed E-state index contributed by atoms with van der Waals surface area (Å²) in [6.07, 6.45) is -5.00. The van der Waals surface area contributed by atoms with E-state index >= 15 is 0 Å². The van der Waals surface area contributed by atoms with Crippen molar-refractivity contribution in [1.82, 2.24) is 10.6 Å². The molecule has 0 aromatic heterocycles. The van der Waals surface area contributed by atoms with Gasteiger partial charge < -0.3 is 20.1 Å². The van der Waals surface area contributed by atoms with Crippen LogP contribution < -0.4 is 15.4 Å². The lowest BCUT2D eigenvalue weighted by Gasteiger charge is -2.23. The van der Waals surface area contributed by atoms with Gasteiger partial charge in [0.25, 0.3) is 5.91 Å². The lowest BCUT2D eigenvalue weighted by atomic mass is 10.1.